The van der Waals surface area contributed by atoms with Crippen LogP contribution >= 0.6 is 0 Å². The highest BCUT2D eigenvalue weighted by atomic mass is 16.8. The molecule has 0 fully saturated rings. The van der Waals surface area contributed by atoms with Crippen LogP contribution in [0.25, 0.3) is 0 Å². The van der Waals surface area contributed by atoms with Crippen LogP contribution in [0.2, 0.25) is 0 Å². The van der Waals surface area contributed by atoms with Crippen molar-refractivity contribution >= 4 is 17.6 Å². The maximum atomic E-state index is 12.7. The number of esters is 2. The van der Waals surface area contributed by atoms with Crippen LogP contribution in [0.15, 0.2) is 42.5 Å². The van der Waals surface area contributed by atoms with E-state index in [9.17, 15) is 19.9 Å². The zero-order valence-electron chi connectivity index (χ0n) is 14.5. The molecule has 0 saturated heterocycles. The summed E-state index contributed by atoms with van der Waals surface area (Å²) in [6.07, 6.45) is -0.0495. The molecule has 1 aliphatic rings. The van der Waals surface area contributed by atoms with E-state index in [1.807, 2.05) is 0 Å². The van der Waals surface area contributed by atoms with Gasteiger partial charge in [0.05, 0.1) is 18.9 Å². The molecular formula is C19H19NO7. The lowest BCUT2D eigenvalue weighted by Gasteiger charge is -2.31. The summed E-state index contributed by atoms with van der Waals surface area (Å²) in [6.45, 7) is 1.91. The molecule has 3 unspecified atom stereocenters. The van der Waals surface area contributed by atoms with Crippen molar-refractivity contribution in [2.75, 3.05) is 6.61 Å². The summed E-state index contributed by atoms with van der Waals surface area (Å²) in [6, 6.07) is 10.3. The molecule has 142 valence electrons. The van der Waals surface area contributed by atoms with Gasteiger partial charge in [-0.15, -0.1) is 0 Å². The summed E-state index contributed by atoms with van der Waals surface area (Å²) < 4.78 is 10.4. The summed E-state index contributed by atoms with van der Waals surface area (Å²) in [5.41, 5.74) is 1.24. The van der Waals surface area contributed by atoms with Gasteiger partial charge in [0.1, 0.15) is 11.5 Å². The lowest BCUT2D eigenvalue weighted by atomic mass is 9.77. The molecule has 3 rings (SSSR count). The molecular weight excluding hydrogens is 354 g/mol. The first kappa shape index (κ1) is 18.8. The minimum absolute atomic E-state index is 0.0495. The molecule has 1 aliphatic heterocycles. The number of hydrogen-bond donors (Lipinski definition) is 3. The molecule has 8 heteroatoms. The van der Waals surface area contributed by atoms with Gasteiger partial charge in [-0.05, 0) is 18.6 Å². The van der Waals surface area contributed by atoms with Gasteiger partial charge in [0.2, 0.25) is 0 Å². The van der Waals surface area contributed by atoms with Crippen LogP contribution in [0.4, 0.5) is 5.69 Å². The van der Waals surface area contributed by atoms with Crippen molar-refractivity contribution in [2.45, 2.75) is 25.2 Å². The number of phenolic OH excluding ortho intramolecular Hbond substituents is 1. The molecule has 3 N–H and O–H groups in total. The maximum Gasteiger partial charge on any atom is 0.319 e. The van der Waals surface area contributed by atoms with Gasteiger partial charge < -0.3 is 19.8 Å². The number of carbonyl (C=O) groups excluding carboxylic acids is 2. The number of benzene rings is 2. The maximum absolute atomic E-state index is 12.7. The van der Waals surface area contributed by atoms with Crippen LogP contribution in [-0.2, 0) is 14.3 Å². The van der Waals surface area contributed by atoms with Crippen LogP contribution < -0.4 is 9.96 Å². The third-order valence-electron chi connectivity index (χ3n) is 4.47. The third-order valence-corrected chi connectivity index (χ3v) is 4.47. The topological polar surface area (TPSA) is 121 Å². The molecule has 0 radical (unpaired) electrons. The Morgan fingerprint density at radius 1 is 1.26 bits per heavy atom. The van der Waals surface area contributed by atoms with Gasteiger partial charge in [-0.25, -0.2) is 5.21 Å². The zero-order chi connectivity index (χ0) is 19.6. The van der Waals surface area contributed by atoms with Gasteiger partial charge in [0.25, 0.3) is 0 Å². The number of fused-ring (bicyclic) bond motifs is 1. The number of nitrogens with one attached hydrogen (secondary N) is 1. The number of ether oxygens (including phenoxy) is 2. The fourth-order valence-electron chi connectivity index (χ4n) is 3.26. The van der Waals surface area contributed by atoms with Crippen molar-refractivity contribution in [2.24, 2.45) is 0 Å². The average molecular weight is 373 g/mol. The van der Waals surface area contributed by atoms with Gasteiger partial charge in [-0.1, -0.05) is 18.2 Å². The number of rotatable bonds is 5. The van der Waals surface area contributed by atoms with E-state index in [1.54, 1.807) is 25.1 Å². The summed E-state index contributed by atoms with van der Waals surface area (Å²) >= 11 is 0. The zero-order valence-corrected chi connectivity index (χ0v) is 14.5. The first-order chi connectivity index (χ1) is 12.9. The van der Waals surface area contributed by atoms with Crippen LogP contribution in [0.3, 0.4) is 0 Å². The fraction of sp³-hybridized carbons (Fsp3) is 0.263. The molecule has 27 heavy (non-hydrogen) atoms. The normalized spacial score (nSPS) is 19.7. The van der Waals surface area contributed by atoms with Crippen molar-refractivity contribution in [1.82, 2.24) is 0 Å². The Kier molecular flexibility index (Phi) is 5.41. The molecule has 1 heterocycles. The Balaban J connectivity index is 2.02. The Hall–Kier alpha value is -2.94. The predicted molar refractivity (Wildman–Crippen MR) is 92.7 cm³/mol. The highest BCUT2D eigenvalue weighted by molar-refractivity contribution is 5.86. The number of phenols is 1. The lowest BCUT2D eigenvalue weighted by molar-refractivity contribution is -0.991. The number of hydrogen-bond acceptors (Lipinski definition) is 7. The number of carbonyl (C=O) groups is 2. The van der Waals surface area contributed by atoms with Crippen LogP contribution in [0.5, 0.6) is 11.5 Å². The van der Waals surface area contributed by atoms with E-state index in [-0.39, 0.29) is 30.2 Å². The van der Waals surface area contributed by atoms with E-state index in [1.165, 1.54) is 24.3 Å². The summed E-state index contributed by atoms with van der Waals surface area (Å²) in [4.78, 5) is 24.8. The minimum atomic E-state index is -1.07. The summed E-state index contributed by atoms with van der Waals surface area (Å²) in [7, 11) is 0. The Morgan fingerprint density at radius 2 is 1.96 bits per heavy atom. The fourth-order valence-corrected chi connectivity index (χ4v) is 3.26. The molecule has 0 aliphatic carbocycles. The second kappa shape index (κ2) is 7.75. The van der Waals surface area contributed by atoms with E-state index < -0.39 is 29.0 Å². The van der Waals surface area contributed by atoms with Gasteiger partial charge in [0.15, 0.2) is 5.69 Å². The van der Waals surface area contributed by atoms with Crippen molar-refractivity contribution in [3.8, 4) is 11.5 Å². The van der Waals surface area contributed by atoms with Crippen LogP contribution in [-0.4, -0.2) is 28.9 Å². The van der Waals surface area contributed by atoms with E-state index >= 15 is 0 Å². The SMILES string of the molecule is CCOC(=O)CC1c2ccc(O)cc2OC(=O)C1c1ccc([NH+]([O-])O)cc1. The van der Waals surface area contributed by atoms with E-state index in [2.05, 4.69) is 0 Å². The monoisotopic (exact) mass is 373 g/mol. The number of quaternary nitrogens is 1. The third kappa shape index (κ3) is 3.92. The quantitative estimate of drug-likeness (QED) is 0.413. The van der Waals surface area contributed by atoms with Crippen molar-refractivity contribution in [1.29, 1.82) is 0 Å². The molecule has 0 aromatic heterocycles. The van der Waals surface area contributed by atoms with Crippen molar-refractivity contribution in [3.63, 3.8) is 0 Å². The van der Waals surface area contributed by atoms with Gasteiger partial charge in [-0.3, -0.25) is 9.59 Å². The molecule has 8 nitrogen and oxygen atoms in total. The largest absolute Gasteiger partial charge is 0.595 e. The van der Waals surface area contributed by atoms with E-state index in [0.29, 0.717) is 11.1 Å². The number of aromatic hydroxyl groups is 1. The first-order valence-electron chi connectivity index (χ1n) is 8.44. The standard InChI is InChI=1S/C19H19NO7/c1-2-26-17(22)10-15-14-8-7-13(21)9-16(14)27-19(23)18(15)11-3-5-12(6-4-11)20(24)25/h3-9,15,18,20-21,24H,2,10H2,1H3. The van der Waals surface area contributed by atoms with Crippen LogP contribution in [0, 0.1) is 5.21 Å². The highest BCUT2D eigenvalue weighted by Crippen LogP contribution is 2.46. The second-order valence-corrected chi connectivity index (χ2v) is 6.16. The van der Waals surface area contributed by atoms with E-state index in [0.717, 1.165) is 0 Å². The van der Waals surface area contributed by atoms with Crippen LogP contribution in [0.1, 0.15) is 36.3 Å². The summed E-state index contributed by atoms with van der Waals surface area (Å²) in [5.74, 6) is -2.24. The van der Waals surface area contributed by atoms with Gasteiger partial charge >= 0.3 is 11.9 Å². The van der Waals surface area contributed by atoms with E-state index in [4.69, 9.17) is 14.7 Å². The molecule has 0 saturated carbocycles. The van der Waals surface area contributed by atoms with Crippen molar-refractivity contribution < 1.29 is 34.6 Å². The molecule has 2 aromatic carbocycles. The Morgan fingerprint density at radius 3 is 2.59 bits per heavy atom. The van der Waals surface area contributed by atoms with Gasteiger partial charge in [-0.2, -0.15) is 5.23 Å². The summed E-state index contributed by atoms with van der Waals surface area (Å²) in [5, 5.41) is 28.7. The predicted octanol–water partition coefficient (Wildman–Crippen LogP) is 1.54. The average Bonchev–Trinajstić information content (AvgIpc) is 2.61. The first-order valence-corrected chi connectivity index (χ1v) is 8.44. The molecule has 0 amide bonds. The Bertz CT molecular complexity index is 848. The Labute approximate surface area is 155 Å². The molecule has 0 bridgehead atoms. The molecule has 3 atom stereocenters. The minimum Gasteiger partial charge on any atom is -0.595 e. The molecule has 0 spiro atoms. The molecule has 2 aromatic rings. The van der Waals surface area contributed by atoms with Gasteiger partial charge in [0, 0.05) is 29.7 Å². The highest BCUT2D eigenvalue weighted by Gasteiger charge is 2.40. The smallest absolute Gasteiger partial charge is 0.319 e. The lowest BCUT2D eigenvalue weighted by Crippen LogP contribution is -2.99. The van der Waals surface area contributed by atoms with Crippen molar-refractivity contribution in [3.05, 3.63) is 58.8 Å². The second-order valence-electron chi connectivity index (χ2n) is 6.16.